The lowest BCUT2D eigenvalue weighted by Gasteiger charge is -2.26. The highest BCUT2D eigenvalue weighted by atomic mass is 32.2. The summed E-state index contributed by atoms with van der Waals surface area (Å²) in [4.78, 5) is 15.4. The maximum atomic E-state index is 11.4. The van der Waals surface area contributed by atoms with Gasteiger partial charge in [-0.05, 0) is 38.4 Å². The lowest BCUT2D eigenvalue weighted by Crippen LogP contribution is -2.41. The second-order valence-corrected chi connectivity index (χ2v) is 8.79. The van der Waals surface area contributed by atoms with Crippen LogP contribution in [0.25, 0.3) is 11.0 Å². The SMILES string of the molecule is Cc1cc(C)c2c(N)nc(NCCCN3CCS(=O)(=O)CC3)nc2n1. The van der Waals surface area contributed by atoms with E-state index in [1.807, 2.05) is 19.9 Å². The van der Waals surface area contributed by atoms with Crippen molar-refractivity contribution in [2.24, 2.45) is 0 Å². The average Bonchev–Trinajstić information content (AvgIpc) is 2.51. The number of nitrogen functional groups attached to an aromatic ring is 1. The highest BCUT2D eigenvalue weighted by molar-refractivity contribution is 7.91. The molecule has 1 fully saturated rings. The molecule has 1 aliphatic heterocycles. The summed E-state index contributed by atoms with van der Waals surface area (Å²) in [5.74, 6) is 1.42. The van der Waals surface area contributed by atoms with Crippen LogP contribution in [0.15, 0.2) is 6.07 Å². The first kappa shape index (κ1) is 17.8. The minimum absolute atomic E-state index is 0.259. The second-order valence-electron chi connectivity index (χ2n) is 6.49. The van der Waals surface area contributed by atoms with Crippen LogP contribution in [0.5, 0.6) is 0 Å². The summed E-state index contributed by atoms with van der Waals surface area (Å²) in [6.45, 7) is 6.68. The number of anilines is 2. The molecular formula is C16H24N6O2S. The van der Waals surface area contributed by atoms with E-state index in [0.717, 1.165) is 29.6 Å². The smallest absolute Gasteiger partial charge is 0.226 e. The van der Waals surface area contributed by atoms with Gasteiger partial charge in [-0.1, -0.05) is 0 Å². The molecule has 2 aromatic rings. The molecule has 0 bridgehead atoms. The fourth-order valence-electron chi connectivity index (χ4n) is 3.07. The quantitative estimate of drug-likeness (QED) is 0.747. The van der Waals surface area contributed by atoms with E-state index < -0.39 is 9.84 Å². The van der Waals surface area contributed by atoms with Crippen molar-refractivity contribution in [2.75, 3.05) is 48.7 Å². The van der Waals surface area contributed by atoms with E-state index in [1.54, 1.807) is 0 Å². The molecule has 0 aliphatic carbocycles. The van der Waals surface area contributed by atoms with E-state index in [4.69, 9.17) is 5.73 Å². The molecule has 9 heteroatoms. The van der Waals surface area contributed by atoms with Gasteiger partial charge in [0, 0.05) is 25.3 Å². The Morgan fingerprint density at radius 1 is 1.20 bits per heavy atom. The number of hydrogen-bond donors (Lipinski definition) is 2. The predicted molar refractivity (Wildman–Crippen MR) is 99.4 cm³/mol. The lowest BCUT2D eigenvalue weighted by molar-refractivity contribution is 0.294. The average molecular weight is 364 g/mol. The van der Waals surface area contributed by atoms with Crippen LogP contribution in [0.2, 0.25) is 0 Å². The van der Waals surface area contributed by atoms with E-state index in [2.05, 4.69) is 25.2 Å². The van der Waals surface area contributed by atoms with Crippen LogP contribution in [-0.4, -0.2) is 66.0 Å². The monoisotopic (exact) mass is 364 g/mol. The summed E-state index contributed by atoms with van der Waals surface area (Å²) in [5.41, 5.74) is 8.58. The first-order valence-electron chi connectivity index (χ1n) is 8.42. The van der Waals surface area contributed by atoms with Crippen LogP contribution in [0.1, 0.15) is 17.7 Å². The first-order chi connectivity index (χ1) is 11.8. The summed E-state index contributed by atoms with van der Waals surface area (Å²) in [5, 5.41) is 3.98. The second kappa shape index (κ2) is 7.09. The van der Waals surface area contributed by atoms with Gasteiger partial charge < -0.3 is 16.0 Å². The summed E-state index contributed by atoms with van der Waals surface area (Å²) in [7, 11) is -2.82. The molecule has 0 spiro atoms. The number of rotatable bonds is 5. The molecule has 0 atom stereocenters. The highest BCUT2D eigenvalue weighted by Gasteiger charge is 2.20. The van der Waals surface area contributed by atoms with Crippen LogP contribution in [0.3, 0.4) is 0 Å². The van der Waals surface area contributed by atoms with Crippen molar-refractivity contribution in [3.8, 4) is 0 Å². The van der Waals surface area contributed by atoms with Crippen LogP contribution >= 0.6 is 0 Å². The van der Waals surface area contributed by atoms with Crippen LogP contribution in [-0.2, 0) is 9.84 Å². The van der Waals surface area contributed by atoms with E-state index in [-0.39, 0.29) is 11.5 Å². The third kappa shape index (κ3) is 4.35. The first-order valence-corrected chi connectivity index (χ1v) is 10.2. The Bertz CT molecular complexity index is 870. The molecule has 1 aliphatic rings. The maximum absolute atomic E-state index is 11.4. The molecule has 2 aromatic heterocycles. The molecule has 1 saturated heterocycles. The van der Waals surface area contributed by atoms with Crippen molar-refractivity contribution in [1.29, 1.82) is 0 Å². The molecule has 0 amide bonds. The van der Waals surface area contributed by atoms with Gasteiger partial charge in [-0.15, -0.1) is 0 Å². The normalized spacial score (nSPS) is 17.7. The Morgan fingerprint density at radius 2 is 1.92 bits per heavy atom. The summed E-state index contributed by atoms with van der Waals surface area (Å²) >= 11 is 0. The van der Waals surface area contributed by atoms with Crippen molar-refractivity contribution >= 4 is 32.6 Å². The number of pyridine rings is 1. The van der Waals surface area contributed by atoms with Crippen molar-refractivity contribution < 1.29 is 8.42 Å². The number of hydrogen-bond acceptors (Lipinski definition) is 8. The van der Waals surface area contributed by atoms with E-state index in [9.17, 15) is 8.42 Å². The van der Waals surface area contributed by atoms with Gasteiger partial charge in [0.05, 0.1) is 16.9 Å². The Hall–Kier alpha value is -2.00. The predicted octanol–water partition coefficient (Wildman–Crippen LogP) is 0.756. The minimum atomic E-state index is -2.82. The molecule has 25 heavy (non-hydrogen) atoms. The summed E-state index contributed by atoms with van der Waals surface area (Å²) in [6.07, 6.45) is 0.877. The van der Waals surface area contributed by atoms with Gasteiger partial charge in [0.25, 0.3) is 0 Å². The molecule has 0 aromatic carbocycles. The van der Waals surface area contributed by atoms with Gasteiger partial charge in [-0.2, -0.15) is 9.97 Å². The molecule has 3 N–H and O–H groups in total. The summed E-state index contributed by atoms with van der Waals surface area (Å²) < 4.78 is 22.8. The van der Waals surface area contributed by atoms with Crippen molar-refractivity contribution in [1.82, 2.24) is 19.9 Å². The zero-order valence-electron chi connectivity index (χ0n) is 14.6. The van der Waals surface area contributed by atoms with Gasteiger partial charge in [0.15, 0.2) is 15.5 Å². The van der Waals surface area contributed by atoms with Crippen molar-refractivity contribution in [3.05, 3.63) is 17.3 Å². The van der Waals surface area contributed by atoms with Crippen LogP contribution in [0, 0.1) is 13.8 Å². The molecule has 3 rings (SSSR count). The standard InChI is InChI=1S/C16H24N6O2S/c1-11-10-12(2)19-15-13(11)14(17)20-16(21-15)18-4-3-5-22-6-8-25(23,24)9-7-22/h10H,3-9H2,1-2H3,(H3,17,18,19,20,21). The third-order valence-corrected chi connectivity index (χ3v) is 6.00. The number of aromatic nitrogens is 3. The zero-order chi connectivity index (χ0) is 18.0. The van der Waals surface area contributed by atoms with Crippen LogP contribution < -0.4 is 11.1 Å². The topological polar surface area (TPSA) is 114 Å². The van der Waals surface area contributed by atoms with Gasteiger partial charge in [0.1, 0.15) is 5.82 Å². The molecular weight excluding hydrogens is 340 g/mol. The largest absolute Gasteiger partial charge is 0.383 e. The maximum Gasteiger partial charge on any atom is 0.226 e. The Kier molecular flexibility index (Phi) is 5.05. The number of nitrogens with zero attached hydrogens (tertiary/aromatic N) is 4. The van der Waals surface area contributed by atoms with E-state index >= 15 is 0 Å². The molecule has 8 nitrogen and oxygen atoms in total. The molecule has 136 valence electrons. The van der Waals surface area contributed by atoms with Gasteiger partial charge in [0.2, 0.25) is 5.95 Å². The van der Waals surface area contributed by atoms with Gasteiger partial charge in [-0.3, -0.25) is 0 Å². The number of nitrogens with one attached hydrogen (secondary N) is 1. The molecule has 0 radical (unpaired) electrons. The van der Waals surface area contributed by atoms with Gasteiger partial charge >= 0.3 is 0 Å². The number of fused-ring (bicyclic) bond motifs is 1. The van der Waals surface area contributed by atoms with E-state index in [1.165, 1.54) is 0 Å². The molecule has 0 saturated carbocycles. The fraction of sp³-hybridized carbons (Fsp3) is 0.562. The molecule has 0 unspecified atom stereocenters. The zero-order valence-corrected chi connectivity index (χ0v) is 15.4. The fourth-order valence-corrected chi connectivity index (χ4v) is 4.34. The van der Waals surface area contributed by atoms with E-state index in [0.29, 0.717) is 37.0 Å². The third-order valence-electron chi connectivity index (χ3n) is 4.39. The lowest BCUT2D eigenvalue weighted by atomic mass is 10.1. The van der Waals surface area contributed by atoms with Gasteiger partial charge in [-0.25, -0.2) is 13.4 Å². The summed E-state index contributed by atoms with van der Waals surface area (Å²) in [6, 6.07) is 1.97. The number of aryl methyl sites for hydroxylation is 2. The highest BCUT2D eigenvalue weighted by Crippen LogP contribution is 2.22. The number of sulfone groups is 1. The van der Waals surface area contributed by atoms with Crippen molar-refractivity contribution in [2.45, 2.75) is 20.3 Å². The molecule has 3 heterocycles. The minimum Gasteiger partial charge on any atom is -0.383 e. The number of nitrogens with two attached hydrogens (primary N) is 1. The Balaban J connectivity index is 1.57. The Morgan fingerprint density at radius 3 is 2.64 bits per heavy atom. The van der Waals surface area contributed by atoms with Crippen LogP contribution in [0.4, 0.5) is 11.8 Å². The van der Waals surface area contributed by atoms with Crippen molar-refractivity contribution in [3.63, 3.8) is 0 Å². The Labute approximate surface area is 147 Å².